The van der Waals surface area contributed by atoms with E-state index in [1.165, 1.54) is 0 Å². The number of H-pyrrole nitrogens is 1. The Morgan fingerprint density at radius 2 is 2.10 bits per heavy atom. The molecular weight excluding hydrogens is 272 g/mol. The molecule has 1 aliphatic rings. The zero-order chi connectivity index (χ0) is 14.4. The molecule has 11 heteroatoms. The van der Waals surface area contributed by atoms with E-state index in [0.717, 1.165) is 4.80 Å². The third kappa shape index (κ3) is 1.84. The maximum atomic E-state index is 11.2. The summed E-state index contributed by atoms with van der Waals surface area (Å²) in [4.78, 5) is 17.9. The van der Waals surface area contributed by atoms with Crippen LogP contribution in [-0.4, -0.2) is 65.2 Å². The SMILES string of the molecule is Nc1nc(=O)[nH]c2nn(C3O[C@H](CO)[C@@H](O)[C@H]3O)nc12. The molecule has 1 unspecified atom stereocenters. The van der Waals surface area contributed by atoms with E-state index < -0.39 is 36.8 Å². The van der Waals surface area contributed by atoms with Gasteiger partial charge in [-0.25, -0.2) is 4.79 Å². The van der Waals surface area contributed by atoms with Crippen molar-refractivity contribution in [2.24, 2.45) is 0 Å². The highest BCUT2D eigenvalue weighted by Crippen LogP contribution is 2.28. The first-order valence-corrected chi connectivity index (χ1v) is 5.76. The summed E-state index contributed by atoms with van der Waals surface area (Å²) in [6, 6.07) is 0. The lowest BCUT2D eigenvalue weighted by molar-refractivity contribution is -0.0650. The normalized spacial score (nSPS) is 30.1. The van der Waals surface area contributed by atoms with Crippen LogP contribution >= 0.6 is 0 Å². The Bertz CT molecular complexity index is 698. The van der Waals surface area contributed by atoms with Crippen LogP contribution in [0.3, 0.4) is 0 Å². The van der Waals surface area contributed by atoms with Crippen LogP contribution in [-0.2, 0) is 4.74 Å². The van der Waals surface area contributed by atoms with Crippen molar-refractivity contribution in [3.05, 3.63) is 10.5 Å². The first-order chi connectivity index (χ1) is 9.51. The van der Waals surface area contributed by atoms with Gasteiger partial charge in [0.2, 0.25) is 0 Å². The highest BCUT2D eigenvalue weighted by Gasteiger charge is 2.44. The number of ether oxygens (including phenoxy) is 1. The highest BCUT2D eigenvalue weighted by molar-refractivity contribution is 5.79. The number of nitrogens with two attached hydrogens (primary N) is 1. The Morgan fingerprint density at radius 3 is 2.75 bits per heavy atom. The molecular formula is C9H12N6O5. The van der Waals surface area contributed by atoms with E-state index in [-0.39, 0.29) is 17.0 Å². The first kappa shape index (κ1) is 12.9. The van der Waals surface area contributed by atoms with Gasteiger partial charge in [-0.1, -0.05) is 0 Å². The minimum Gasteiger partial charge on any atom is -0.394 e. The molecule has 0 amide bonds. The van der Waals surface area contributed by atoms with E-state index >= 15 is 0 Å². The number of nitrogen functional groups attached to an aromatic ring is 1. The number of fused-ring (bicyclic) bond motifs is 1. The summed E-state index contributed by atoms with van der Waals surface area (Å²) in [6.45, 7) is -0.462. The van der Waals surface area contributed by atoms with Crippen molar-refractivity contribution < 1.29 is 20.1 Å². The average molecular weight is 284 g/mol. The van der Waals surface area contributed by atoms with Gasteiger partial charge >= 0.3 is 5.69 Å². The lowest BCUT2D eigenvalue weighted by Gasteiger charge is -2.12. The number of hydrogen-bond acceptors (Lipinski definition) is 9. The van der Waals surface area contributed by atoms with Gasteiger partial charge in [0.1, 0.15) is 18.3 Å². The Morgan fingerprint density at radius 1 is 1.35 bits per heavy atom. The van der Waals surface area contributed by atoms with Crippen LogP contribution in [0, 0.1) is 0 Å². The van der Waals surface area contributed by atoms with Gasteiger partial charge < -0.3 is 25.8 Å². The third-order valence-corrected chi connectivity index (χ3v) is 3.06. The number of aliphatic hydroxyl groups is 3. The summed E-state index contributed by atoms with van der Waals surface area (Å²) in [7, 11) is 0. The monoisotopic (exact) mass is 284 g/mol. The van der Waals surface area contributed by atoms with Crippen LogP contribution in [0.2, 0.25) is 0 Å². The quantitative estimate of drug-likeness (QED) is 0.378. The predicted molar refractivity (Wildman–Crippen MR) is 63.4 cm³/mol. The van der Waals surface area contributed by atoms with E-state index in [0.29, 0.717) is 0 Å². The lowest BCUT2D eigenvalue weighted by Crippen LogP contribution is -2.33. The molecule has 3 heterocycles. The van der Waals surface area contributed by atoms with Crippen LogP contribution in [0.5, 0.6) is 0 Å². The molecule has 0 bridgehead atoms. The minimum atomic E-state index is -1.32. The van der Waals surface area contributed by atoms with Gasteiger partial charge in [0.25, 0.3) is 0 Å². The number of nitrogens with one attached hydrogen (secondary N) is 1. The molecule has 4 atom stereocenters. The fraction of sp³-hybridized carbons (Fsp3) is 0.556. The van der Waals surface area contributed by atoms with Crippen molar-refractivity contribution in [1.29, 1.82) is 0 Å². The number of rotatable bonds is 2. The summed E-state index contributed by atoms with van der Waals surface area (Å²) >= 11 is 0. The second kappa shape index (κ2) is 4.49. The van der Waals surface area contributed by atoms with Crippen LogP contribution in [0.4, 0.5) is 5.82 Å². The Hall–Kier alpha value is -2.08. The predicted octanol–water partition coefficient (Wildman–Crippen LogP) is -3.29. The molecule has 6 N–H and O–H groups in total. The van der Waals surface area contributed by atoms with Crippen molar-refractivity contribution in [1.82, 2.24) is 25.0 Å². The van der Waals surface area contributed by atoms with Gasteiger partial charge in [0, 0.05) is 0 Å². The molecule has 0 saturated carbocycles. The van der Waals surface area contributed by atoms with Crippen molar-refractivity contribution >= 4 is 17.0 Å². The maximum absolute atomic E-state index is 11.2. The number of aromatic nitrogens is 5. The molecule has 0 aliphatic carbocycles. The molecule has 20 heavy (non-hydrogen) atoms. The summed E-state index contributed by atoms with van der Waals surface area (Å²) < 4.78 is 5.26. The van der Waals surface area contributed by atoms with Crippen LogP contribution < -0.4 is 11.4 Å². The number of nitrogens with zero attached hydrogens (tertiary/aromatic N) is 4. The van der Waals surface area contributed by atoms with Crippen LogP contribution in [0.25, 0.3) is 11.2 Å². The van der Waals surface area contributed by atoms with Gasteiger partial charge in [-0.3, -0.25) is 4.98 Å². The Balaban J connectivity index is 2.03. The van der Waals surface area contributed by atoms with E-state index in [1.807, 2.05) is 0 Å². The van der Waals surface area contributed by atoms with E-state index in [4.69, 9.17) is 15.6 Å². The van der Waals surface area contributed by atoms with Gasteiger partial charge in [-0.15, -0.1) is 15.0 Å². The fourth-order valence-electron chi connectivity index (χ4n) is 2.05. The van der Waals surface area contributed by atoms with Crippen LogP contribution in [0.1, 0.15) is 6.23 Å². The lowest BCUT2D eigenvalue weighted by atomic mass is 10.1. The summed E-state index contributed by atoms with van der Waals surface area (Å²) in [5, 5.41) is 36.4. The molecule has 0 spiro atoms. The Labute approximate surface area is 110 Å². The second-order valence-electron chi connectivity index (χ2n) is 4.37. The van der Waals surface area contributed by atoms with Crippen molar-refractivity contribution in [3.8, 4) is 0 Å². The molecule has 0 radical (unpaired) electrons. The largest absolute Gasteiger partial charge is 0.394 e. The van der Waals surface area contributed by atoms with Gasteiger partial charge in [0.15, 0.2) is 23.2 Å². The number of anilines is 1. The van der Waals surface area contributed by atoms with Gasteiger partial charge in [0.05, 0.1) is 6.61 Å². The molecule has 0 aromatic carbocycles. The molecule has 108 valence electrons. The topological polar surface area (TPSA) is 172 Å². The molecule has 1 fully saturated rings. The molecule has 1 saturated heterocycles. The molecule has 1 aliphatic heterocycles. The highest BCUT2D eigenvalue weighted by atomic mass is 16.6. The smallest absolute Gasteiger partial charge is 0.348 e. The van der Waals surface area contributed by atoms with Crippen molar-refractivity contribution in [3.63, 3.8) is 0 Å². The zero-order valence-corrected chi connectivity index (χ0v) is 10.0. The third-order valence-electron chi connectivity index (χ3n) is 3.06. The number of aromatic amines is 1. The Kier molecular flexibility index (Phi) is 2.90. The van der Waals surface area contributed by atoms with Crippen molar-refractivity contribution in [2.75, 3.05) is 12.3 Å². The molecule has 2 aromatic heterocycles. The van der Waals surface area contributed by atoms with E-state index in [1.54, 1.807) is 0 Å². The fourth-order valence-corrected chi connectivity index (χ4v) is 2.05. The summed E-state index contributed by atoms with van der Waals surface area (Å²) in [6.07, 6.45) is -4.64. The van der Waals surface area contributed by atoms with Crippen molar-refractivity contribution in [2.45, 2.75) is 24.5 Å². The molecule has 2 aromatic rings. The first-order valence-electron chi connectivity index (χ1n) is 5.76. The van der Waals surface area contributed by atoms with Gasteiger partial charge in [-0.05, 0) is 0 Å². The zero-order valence-electron chi connectivity index (χ0n) is 10.0. The molecule has 3 rings (SSSR count). The molecule has 11 nitrogen and oxygen atoms in total. The van der Waals surface area contributed by atoms with Gasteiger partial charge in [-0.2, -0.15) is 4.98 Å². The maximum Gasteiger partial charge on any atom is 0.348 e. The second-order valence-corrected chi connectivity index (χ2v) is 4.37. The number of aliphatic hydroxyl groups excluding tert-OH is 3. The summed E-state index contributed by atoms with van der Waals surface area (Å²) in [5.74, 6) is -0.109. The summed E-state index contributed by atoms with van der Waals surface area (Å²) in [5.41, 5.74) is 5.09. The number of hydrogen-bond donors (Lipinski definition) is 5. The van der Waals surface area contributed by atoms with E-state index in [9.17, 15) is 15.0 Å². The minimum absolute atomic E-state index is 0.0836. The van der Waals surface area contributed by atoms with E-state index in [2.05, 4.69) is 20.2 Å². The average Bonchev–Trinajstić information content (AvgIpc) is 2.93. The standard InChI is InChI=1S/C9H12N6O5/c10-6-3-7(12-9(19)11-6)14-15(13-3)8-5(18)4(17)2(1-16)20-8/h2,4-5,8,16-18H,1H2,(H3,10,11,12,14,19)/t2-,4-,5-,8?/m1/s1. The van der Waals surface area contributed by atoms with Crippen LogP contribution in [0.15, 0.2) is 4.79 Å².